The zero-order valence-electron chi connectivity index (χ0n) is 121. The van der Waals surface area contributed by atoms with E-state index < -0.39 is 331 Å². The predicted octanol–water partition coefficient (Wildman–Crippen LogP) is 18.1. The Hall–Kier alpha value is -9.84. The average molecular weight is 1650 g/mol. The summed E-state index contributed by atoms with van der Waals surface area (Å²) >= 11 is 0. The quantitative estimate of drug-likeness (QED) is 0.0822. The van der Waals surface area contributed by atoms with Crippen molar-refractivity contribution in [2.75, 3.05) is 199 Å². The third kappa shape index (κ3) is 26.1. The van der Waals surface area contributed by atoms with Gasteiger partial charge in [0.25, 0.3) is 0 Å². The molecule has 6 aliphatic rings. The molecule has 0 bridgehead atoms. The van der Waals surface area contributed by atoms with Crippen molar-refractivity contribution < 1.29 is 74.0 Å². The van der Waals surface area contributed by atoms with Crippen LogP contribution < -0.4 is 0 Å². The van der Waals surface area contributed by atoms with Crippen molar-refractivity contribution in [3.8, 4) is 0 Å². The van der Waals surface area contributed by atoms with E-state index in [-0.39, 0.29) is 39.3 Å². The number of rotatable bonds is 18. The van der Waals surface area contributed by atoms with Crippen molar-refractivity contribution in [1.82, 2.24) is 58.8 Å². The lowest BCUT2D eigenvalue weighted by molar-refractivity contribution is 0.127. The van der Waals surface area contributed by atoms with Crippen LogP contribution in [0.15, 0.2) is 363 Å². The van der Waals surface area contributed by atoms with Crippen molar-refractivity contribution in [2.45, 2.75) is 36.2 Å². The molecule has 6 heterocycles. The van der Waals surface area contributed by atoms with Crippen LogP contribution in [0, 0.1) is 0 Å². The van der Waals surface area contributed by atoms with Crippen LogP contribution in [0.1, 0.15) is 177 Å². The number of benzene rings is 12. The first kappa shape index (κ1) is 42.3. The maximum Gasteiger partial charge on any atom is 0.0626 e. The van der Waals surface area contributed by atoms with E-state index in [9.17, 15) is 5.48 Å². The number of hydrogen-bond acceptors (Lipinski definition) is 12. The fraction of sp³-hybridized carbons (Fsp3) is 0.333. The molecule has 0 N–H and O–H groups in total. The molecule has 12 heteroatoms. The Morgan fingerprint density at radius 3 is 0.592 bits per heavy atom. The second-order valence-corrected chi connectivity index (χ2v) is 28.2. The summed E-state index contributed by atoms with van der Waals surface area (Å²) in [6, 6.07) is 26.5. The Kier molecular flexibility index (Phi) is 16.7. The number of likely N-dealkylation sites (N-methyl/N-ethyl adjacent to an activating group) is 6. The largest absolute Gasteiger partial charge is 0.304 e. The summed E-state index contributed by atoms with van der Waals surface area (Å²) in [5, 5.41) is 0. The van der Waals surface area contributed by atoms with Crippen LogP contribution in [0.5, 0.6) is 0 Å². The highest BCUT2D eigenvalue weighted by Gasteiger charge is 2.32. The molecular weight excluding hydrogens is 1470 g/mol. The zero-order valence-corrected chi connectivity index (χ0v) is 67.0. The zero-order chi connectivity index (χ0) is 130. The molecule has 12 aromatic carbocycles. The Bertz CT molecular complexity index is 7180. The van der Waals surface area contributed by atoms with Crippen LogP contribution in [0.2, 0.25) is 0 Å². The van der Waals surface area contributed by atoms with E-state index in [2.05, 4.69) is 46.0 Å². The maximum absolute atomic E-state index is 9.44. The number of piperazine rings is 6. The van der Waals surface area contributed by atoms with Gasteiger partial charge in [0.2, 0.25) is 0 Å². The van der Waals surface area contributed by atoms with E-state index in [4.69, 9.17) is 68.5 Å². The van der Waals surface area contributed by atoms with Crippen molar-refractivity contribution in [2.24, 2.45) is 0 Å². The van der Waals surface area contributed by atoms with Crippen molar-refractivity contribution in [1.29, 1.82) is 0 Å². The van der Waals surface area contributed by atoms with Crippen LogP contribution in [-0.4, -0.2) is 258 Å². The van der Waals surface area contributed by atoms with Crippen LogP contribution >= 0.6 is 0 Å². The first-order chi connectivity index (χ1) is 80.7. The van der Waals surface area contributed by atoms with E-state index in [1.807, 2.05) is 170 Å². The van der Waals surface area contributed by atoms with Crippen LogP contribution in [0.3, 0.4) is 0 Å². The van der Waals surface area contributed by atoms with Gasteiger partial charge in [0.05, 0.1) is 82.8 Å². The van der Waals surface area contributed by atoms with Gasteiger partial charge in [-0.05, 0) is 109 Å². The first-order valence-electron chi connectivity index (χ1n) is 66.5. The highest BCUT2D eigenvalue weighted by molar-refractivity contribution is 5.39. The number of hydrogen-bond donors (Lipinski definition) is 0. The summed E-state index contributed by atoms with van der Waals surface area (Å²) in [6.45, 7) is -15.9. The smallest absolute Gasteiger partial charge is 0.0626 e. The summed E-state index contributed by atoms with van der Waals surface area (Å²) in [5.41, 5.74) is 1.94. The topological polar surface area (TPSA) is 38.9 Å². The van der Waals surface area contributed by atoms with E-state index in [0.29, 0.717) is 49.1 Å². The minimum atomic E-state index is -2.92. The SMILES string of the molecule is [2H]C([2H])([2H])N1CC([2H])([2H])N(C(c2ccccc2)c2ccccc2)C([2H])([2H])C1.[2H]C([2H])([2H])N1CCN(C([2H])(c2ccccc2)c2ccccc2)CC1.[2H]C(c1ccccc1)(c1ccccc1)N1CCN(C)CC1.[2H]c1c([2H])c([2H])c(C([2H])(c2c([2H])c([2H])c([2H])c([2H])c2[2H])N2CCN(C([2H])([2H])[2H])CC2)c([2H])c1[2H].[2H]c1c([2H])c([2H])c(C([2H])(c2c([2H])c([2H])c([2H])c([2H])c2[2H])N2CCN(C)CC2)c([2H])c1[2H].[2H]c1c([2H])c([2H])c(C(c2c([2H])c([2H])c([2H])c([2H])c2[2H])N2C([2H])([2H])CN(C([2H])([2H])[2H])CC2([2H])[2H])c([2H])c1[2H]. The molecule has 0 unspecified atom stereocenters. The molecule has 0 radical (unpaired) electrons. The maximum atomic E-state index is 9.44. The van der Waals surface area contributed by atoms with Gasteiger partial charge in [0, 0.05) is 184 Å². The molecule has 12 aromatic rings. The molecule has 624 valence electrons. The van der Waals surface area contributed by atoms with Gasteiger partial charge in [-0.25, -0.2) is 0 Å². The third-order valence-electron chi connectivity index (χ3n) is 20.0. The van der Waals surface area contributed by atoms with Gasteiger partial charge in [-0.3, -0.25) is 29.4 Å². The molecule has 0 saturated carbocycles. The molecule has 0 amide bonds. The lowest BCUT2D eigenvalue weighted by atomic mass is 9.96. The highest BCUT2D eigenvalue weighted by atomic mass is 15.3. The fourth-order valence-corrected chi connectivity index (χ4v) is 13.9. The van der Waals surface area contributed by atoms with E-state index in [0.717, 1.165) is 64.5 Å². The highest BCUT2D eigenvalue weighted by Crippen LogP contribution is 2.36. The molecule has 12 nitrogen and oxygen atoms in total. The van der Waals surface area contributed by atoms with Gasteiger partial charge in [-0.15, -0.1) is 0 Å². The average Bonchev–Trinajstić information content (AvgIpc) is 0.735. The van der Waals surface area contributed by atoms with E-state index in [1.165, 1.54) is 24.5 Å². The predicted molar refractivity (Wildman–Crippen MR) is 503 cm³/mol. The minimum Gasteiger partial charge on any atom is -0.304 e. The van der Waals surface area contributed by atoms with Crippen molar-refractivity contribution in [3.05, 3.63) is 430 Å². The summed E-state index contributed by atoms with van der Waals surface area (Å²) in [7, 11) is 4.02. The van der Waals surface area contributed by atoms with Crippen molar-refractivity contribution >= 4 is 0 Å². The normalized spacial score (nSPS) is 26.4. The lowest BCUT2D eigenvalue weighted by Crippen LogP contribution is -2.46. The Labute approximate surface area is 796 Å². The molecule has 0 aliphatic carbocycles. The fourth-order valence-electron chi connectivity index (χ4n) is 13.9. The molecule has 6 saturated heterocycles. The van der Waals surface area contributed by atoms with E-state index >= 15 is 0 Å². The van der Waals surface area contributed by atoms with Gasteiger partial charge in [0.15, 0.2) is 0 Å². The summed E-state index contributed by atoms with van der Waals surface area (Å²) in [5.74, 6) is 0. The van der Waals surface area contributed by atoms with Crippen LogP contribution in [-0.2, 0) is 0 Å². The summed E-state index contributed by atoms with van der Waals surface area (Å²) < 4.78 is 442. The van der Waals surface area contributed by atoms with Crippen molar-refractivity contribution in [3.63, 3.8) is 0 Å². The van der Waals surface area contributed by atoms with Crippen LogP contribution in [0.4, 0.5) is 0 Å². The molecule has 6 fully saturated rings. The van der Waals surface area contributed by atoms with Gasteiger partial charge < -0.3 is 29.4 Å². The minimum absolute atomic E-state index is 0.0750. The Morgan fingerprint density at radius 1 is 0.200 bits per heavy atom. The van der Waals surface area contributed by atoms with Crippen LogP contribution in [0.25, 0.3) is 0 Å². The second-order valence-electron chi connectivity index (χ2n) is 28.2. The standard InChI is InChI=1S/6C18H22N2/c6*1-19-12-14-20(15-13-19)18(16-8-4-2-5-9-16)17-10-6-3-7-11-17/h6*2-11,18H,12-15H2,1H3/i1D3,2D,3D,4D,5D,6D,7D,8D,9D,10D,11D,14D2,15D2;1D3,2D,3D,4D,5D,6D,7D,8D,9D,10D,11D,18D;2D,3D,4D,5D,6D,7D,8D,9D,10D,11D,18D;1D3,14D2,15D2;1D3,18D;18D. The monoisotopic (exact) mass is 1650 g/mol. The summed E-state index contributed by atoms with van der Waals surface area (Å²) in [4.78, 5) is 17.2. The Balaban J connectivity index is 0.000000172. The van der Waals surface area contributed by atoms with Gasteiger partial charge >= 0.3 is 0 Å². The molecule has 0 aromatic heterocycles. The lowest BCUT2D eigenvalue weighted by Gasteiger charge is -2.38. The molecular formula is C108H132N12. The third-order valence-corrected chi connectivity index (χ3v) is 20.0. The van der Waals surface area contributed by atoms with E-state index in [1.54, 1.807) is 0 Å². The summed E-state index contributed by atoms with van der Waals surface area (Å²) in [6.07, 6.45) is 0. The van der Waals surface area contributed by atoms with Gasteiger partial charge in [-0.2, -0.15) is 0 Å². The molecule has 0 spiro atoms. The molecule has 120 heavy (non-hydrogen) atoms. The van der Waals surface area contributed by atoms with Gasteiger partial charge in [-0.1, -0.05) is 363 Å². The number of nitrogens with zero attached hydrogens (tertiary/aromatic N) is 12. The van der Waals surface area contributed by atoms with Gasteiger partial charge in [0.1, 0.15) is 0 Å². The molecule has 0 atom stereocenters. The molecule has 6 aliphatic heterocycles. The Morgan fingerprint density at radius 2 is 0.375 bits per heavy atom. The first-order valence-corrected chi connectivity index (χ1v) is 39.5. The molecule has 18 rings (SSSR count). The second kappa shape index (κ2) is 47.4.